The van der Waals surface area contributed by atoms with Crippen LogP contribution < -0.4 is 5.32 Å². The molecule has 0 spiro atoms. The molecule has 0 fully saturated rings. The third-order valence-electron chi connectivity index (χ3n) is 1.54. The zero-order valence-corrected chi connectivity index (χ0v) is 10.3. The maximum atomic E-state index is 11.5. The lowest BCUT2D eigenvalue weighted by molar-refractivity contribution is 0.0953. The first-order valence-electron chi connectivity index (χ1n) is 4.23. The van der Waals surface area contributed by atoms with E-state index in [2.05, 4.69) is 5.32 Å². The van der Waals surface area contributed by atoms with Gasteiger partial charge in [-0.25, -0.2) is 0 Å². The molecule has 0 aliphatic carbocycles. The number of thiophene rings is 1. The van der Waals surface area contributed by atoms with Crippen molar-refractivity contribution in [3.05, 3.63) is 20.3 Å². The van der Waals surface area contributed by atoms with E-state index in [-0.39, 0.29) is 5.91 Å². The second-order valence-corrected chi connectivity index (χ2v) is 5.40. The first-order chi connectivity index (χ1) is 6.50. The van der Waals surface area contributed by atoms with Crippen molar-refractivity contribution < 1.29 is 4.79 Å². The van der Waals surface area contributed by atoms with E-state index in [9.17, 15) is 4.79 Å². The van der Waals surface area contributed by atoms with E-state index in [1.165, 1.54) is 11.3 Å². The van der Waals surface area contributed by atoms with Gasteiger partial charge in [0.1, 0.15) is 4.34 Å². The highest BCUT2D eigenvalue weighted by atomic mass is 35.5. The molecule has 1 aromatic rings. The standard InChI is InChI=1S/C9H11Cl2NOS/c1-5(2)4-12-9(13)7-3-6(10)8(11)14-7/h3,5H,4H2,1-2H3,(H,12,13). The van der Waals surface area contributed by atoms with Crippen LogP contribution >= 0.6 is 34.5 Å². The van der Waals surface area contributed by atoms with Crippen LogP contribution in [0.15, 0.2) is 6.07 Å². The summed E-state index contributed by atoms with van der Waals surface area (Å²) in [4.78, 5) is 12.1. The Morgan fingerprint density at radius 2 is 2.21 bits per heavy atom. The number of nitrogens with one attached hydrogen (secondary N) is 1. The number of carbonyl (C=O) groups is 1. The van der Waals surface area contributed by atoms with Crippen LogP contribution in [0.2, 0.25) is 9.36 Å². The van der Waals surface area contributed by atoms with E-state index in [4.69, 9.17) is 23.2 Å². The molecule has 0 aromatic carbocycles. The lowest BCUT2D eigenvalue weighted by atomic mass is 10.2. The summed E-state index contributed by atoms with van der Waals surface area (Å²) in [7, 11) is 0. The summed E-state index contributed by atoms with van der Waals surface area (Å²) in [5, 5.41) is 3.23. The molecular weight excluding hydrogens is 241 g/mol. The maximum absolute atomic E-state index is 11.5. The number of hydrogen-bond donors (Lipinski definition) is 1. The minimum atomic E-state index is -0.113. The van der Waals surface area contributed by atoms with Gasteiger partial charge in [-0.2, -0.15) is 0 Å². The predicted octanol–water partition coefficient (Wildman–Crippen LogP) is 3.44. The van der Waals surface area contributed by atoms with Crippen LogP contribution in [-0.2, 0) is 0 Å². The van der Waals surface area contributed by atoms with Crippen molar-refractivity contribution in [2.45, 2.75) is 13.8 Å². The quantitative estimate of drug-likeness (QED) is 0.877. The first-order valence-corrected chi connectivity index (χ1v) is 5.81. The topological polar surface area (TPSA) is 29.1 Å². The molecule has 78 valence electrons. The molecule has 0 radical (unpaired) electrons. The second-order valence-electron chi connectivity index (χ2n) is 3.34. The largest absolute Gasteiger partial charge is 0.351 e. The van der Waals surface area contributed by atoms with Gasteiger partial charge in [-0.05, 0) is 12.0 Å². The monoisotopic (exact) mass is 251 g/mol. The summed E-state index contributed by atoms with van der Waals surface area (Å²) in [6.07, 6.45) is 0. The van der Waals surface area contributed by atoms with Gasteiger partial charge in [0.2, 0.25) is 0 Å². The average Bonchev–Trinajstić information content (AvgIpc) is 2.43. The van der Waals surface area contributed by atoms with Gasteiger partial charge < -0.3 is 5.32 Å². The van der Waals surface area contributed by atoms with Gasteiger partial charge in [0.05, 0.1) is 9.90 Å². The Hall–Kier alpha value is -0.250. The molecule has 0 aliphatic heterocycles. The minimum absolute atomic E-state index is 0.113. The number of amides is 1. The lowest BCUT2D eigenvalue weighted by Gasteiger charge is -2.05. The smallest absolute Gasteiger partial charge is 0.261 e. The first kappa shape index (κ1) is 11.8. The molecule has 0 saturated heterocycles. The van der Waals surface area contributed by atoms with Crippen molar-refractivity contribution >= 4 is 40.4 Å². The molecule has 1 aromatic heterocycles. The zero-order valence-electron chi connectivity index (χ0n) is 7.93. The van der Waals surface area contributed by atoms with Gasteiger partial charge >= 0.3 is 0 Å². The number of hydrogen-bond acceptors (Lipinski definition) is 2. The van der Waals surface area contributed by atoms with Crippen molar-refractivity contribution in [2.75, 3.05) is 6.54 Å². The average molecular weight is 252 g/mol. The Morgan fingerprint density at radius 1 is 1.57 bits per heavy atom. The van der Waals surface area contributed by atoms with Gasteiger partial charge in [0.25, 0.3) is 5.91 Å². The van der Waals surface area contributed by atoms with E-state index in [1.54, 1.807) is 6.07 Å². The van der Waals surface area contributed by atoms with Crippen molar-refractivity contribution in [1.82, 2.24) is 5.32 Å². The molecule has 14 heavy (non-hydrogen) atoms. The lowest BCUT2D eigenvalue weighted by Crippen LogP contribution is -2.26. The van der Waals surface area contributed by atoms with E-state index in [1.807, 2.05) is 13.8 Å². The van der Waals surface area contributed by atoms with Crippen LogP contribution in [0.4, 0.5) is 0 Å². The Morgan fingerprint density at radius 3 is 2.64 bits per heavy atom. The normalized spacial score (nSPS) is 10.6. The third kappa shape index (κ3) is 3.15. The number of halogens is 2. The van der Waals surface area contributed by atoms with Crippen LogP contribution in [0, 0.1) is 5.92 Å². The summed E-state index contributed by atoms with van der Waals surface area (Å²) < 4.78 is 0.460. The molecule has 0 aliphatic rings. The number of rotatable bonds is 3. The van der Waals surface area contributed by atoms with Crippen molar-refractivity contribution in [2.24, 2.45) is 5.92 Å². The van der Waals surface area contributed by atoms with Crippen molar-refractivity contribution in [3.63, 3.8) is 0 Å². The molecule has 0 unspecified atom stereocenters. The summed E-state index contributed by atoms with van der Waals surface area (Å²) in [5.41, 5.74) is 0. The van der Waals surface area contributed by atoms with E-state index in [0.717, 1.165) is 0 Å². The van der Waals surface area contributed by atoms with Gasteiger partial charge in [-0.1, -0.05) is 37.0 Å². The SMILES string of the molecule is CC(C)CNC(=O)c1cc(Cl)c(Cl)s1. The molecular formula is C9H11Cl2NOS. The third-order valence-corrected chi connectivity index (χ3v) is 3.40. The van der Waals surface area contributed by atoms with Crippen LogP contribution in [0.5, 0.6) is 0 Å². The Balaban J connectivity index is 2.61. The molecule has 0 atom stereocenters. The van der Waals surface area contributed by atoms with Gasteiger partial charge in [-0.15, -0.1) is 11.3 Å². The zero-order chi connectivity index (χ0) is 10.7. The summed E-state index contributed by atoms with van der Waals surface area (Å²) in [6.45, 7) is 4.73. The molecule has 2 nitrogen and oxygen atoms in total. The molecule has 1 heterocycles. The second kappa shape index (κ2) is 5.01. The fraction of sp³-hybridized carbons (Fsp3) is 0.444. The van der Waals surface area contributed by atoms with Crippen molar-refractivity contribution in [1.29, 1.82) is 0 Å². The summed E-state index contributed by atoms with van der Waals surface area (Å²) in [5.74, 6) is 0.322. The fourth-order valence-electron chi connectivity index (χ4n) is 0.842. The van der Waals surface area contributed by atoms with E-state index < -0.39 is 0 Å². The van der Waals surface area contributed by atoms with Crippen molar-refractivity contribution in [3.8, 4) is 0 Å². The van der Waals surface area contributed by atoms with E-state index >= 15 is 0 Å². The Bertz CT molecular complexity index is 316. The van der Waals surface area contributed by atoms with Crippen LogP contribution in [0.25, 0.3) is 0 Å². The van der Waals surface area contributed by atoms with Crippen LogP contribution in [0.1, 0.15) is 23.5 Å². The van der Waals surface area contributed by atoms with Gasteiger partial charge in [-0.3, -0.25) is 4.79 Å². The predicted molar refractivity (Wildman–Crippen MR) is 61.5 cm³/mol. The highest BCUT2D eigenvalue weighted by Gasteiger charge is 2.12. The highest BCUT2D eigenvalue weighted by molar-refractivity contribution is 7.18. The van der Waals surface area contributed by atoms with Gasteiger partial charge in [0.15, 0.2) is 0 Å². The summed E-state index contributed by atoms with van der Waals surface area (Å²) in [6, 6.07) is 1.59. The minimum Gasteiger partial charge on any atom is -0.351 e. The van der Waals surface area contributed by atoms with Crippen LogP contribution in [-0.4, -0.2) is 12.5 Å². The summed E-state index contributed by atoms with van der Waals surface area (Å²) >= 11 is 12.7. The molecule has 1 amide bonds. The number of carbonyl (C=O) groups excluding carboxylic acids is 1. The highest BCUT2D eigenvalue weighted by Crippen LogP contribution is 2.31. The van der Waals surface area contributed by atoms with Gasteiger partial charge in [0, 0.05) is 6.54 Å². The molecule has 0 bridgehead atoms. The van der Waals surface area contributed by atoms with Crippen LogP contribution in [0.3, 0.4) is 0 Å². The Labute approximate surface area is 97.2 Å². The van der Waals surface area contributed by atoms with E-state index in [0.29, 0.717) is 26.7 Å². The molecule has 0 saturated carbocycles. The maximum Gasteiger partial charge on any atom is 0.261 e. The Kier molecular flexibility index (Phi) is 4.23. The molecule has 5 heteroatoms. The molecule has 1 N–H and O–H groups in total. The molecule has 1 rings (SSSR count). The fourth-order valence-corrected chi connectivity index (χ4v) is 2.13.